The highest BCUT2D eigenvalue weighted by Crippen LogP contribution is 2.27. The topological polar surface area (TPSA) is 47.3 Å². The first-order valence-corrected chi connectivity index (χ1v) is 6.91. The average molecular weight is 320 g/mol. The Labute approximate surface area is 115 Å². The fraction of sp³-hybridized carbons (Fsp3) is 0.500. The number of hydrogen-bond donors (Lipinski definition) is 2. The molecule has 0 aliphatic carbocycles. The Morgan fingerprint density at radius 2 is 2.41 bits per heavy atom. The van der Waals surface area contributed by atoms with Crippen molar-refractivity contribution < 1.29 is 4.74 Å². The van der Waals surface area contributed by atoms with Crippen LogP contribution in [0, 0.1) is 0 Å². The van der Waals surface area contributed by atoms with Gasteiger partial charge >= 0.3 is 0 Å². The molecular weight excluding hydrogens is 304 g/mol. The number of hydrogen-bond acceptors (Lipinski definition) is 3. The third kappa shape index (κ3) is 3.35. The van der Waals surface area contributed by atoms with Crippen LogP contribution in [0.2, 0.25) is 5.02 Å². The first-order chi connectivity index (χ1) is 8.20. The van der Waals surface area contributed by atoms with E-state index in [0.29, 0.717) is 11.6 Å². The lowest BCUT2D eigenvalue weighted by Crippen LogP contribution is -2.39. The molecule has 1 aliphatic rings. The number of halogens is 2. The van der Waals surface area contributed by atoms with Crippen molar-refractivity contribution >= 4 is 33.2 Å². The molecule has 0 aromatic heterocycles. The highest BCUT2D eigenvalue weighted by molar-refractivity contribution is 9.10. The SMILES string of the molecule is NCC(Nc1ccc(Cl)c(Br)c1)C1CCCO1. The van der Waals surface area contributed by atoms with Gasteiger partial charge < -0.3 is 15.8 Å². The van der Waals surface area contributed by atoms with E-state index >= 15 is 0 Å². The van der Waals surface area contributed by atoms with Crippen LogP contribution in [-0.4, -0.2) is 25.3 Å². The number of nitrogens with one attached hydrogen (secondary N) is 1. The molecule has 1 aromatic rings. The molecule has 1 fully saturated rings. The van der Waals surface area contributed by atoms with Crippen molar-refractivity contribution in [2.45, 2.75) is 25.0 Å². The first kappa shape index (κ1) is 13.1. The third-order valence-electron chi connectivity index (χ3n) is 2.94. The van der Waals surface area contributed by atoms with Gasteiger partial charge in [0.05, 0.1) is 17.2 Å². The second kappa shape index (κ2) is 6.05. The van der Waals surface area contributed by atoms with Crippen LogP contribution in [0.5, 0.6) is 0 Å². The van der Waals surface area contributed by atoms with E-state index in [4.69, 9.17) is 22.1 Å². The highest BCUT2D eigenvalue weighted by atomic mass is 79.9. The fourth-order valence-electron chi connectivity index (χ4n) is 2.02. The molecule has 3 N–H and O–H groups in total. The molecule has 0 spiro atoms. The number of rotatable bonds is 4. The van der Waals surface area contributed by atoms with E-state index in [-0.39, 0.29) is 12.1 Å². The zero-order valence-electron chi connectivity index (χ0n) is 9.46. The third-order valence-corrected chi connectivity index (χ3v) is 4.15. The quantitative estimate of drug-likeness (QED) is 0.897. The largest absolute Gasteiger partial charge is 0.378 e. The number of anilines is 1. The van der Waals surface area contributed by atoms with Crippen LogP contribution < -0.4 is 11.1 Å². The fourth-order valence-corrected chi connectivity index (χ4v) is 2.52. The Bertz CT molecular complexity index is 383. The average Bonchev–Trinajstić information content (AvgIpc) is 2.84. The summed E-state index contributed by atoms with van der Waals surface area (Å²) in [6, 6.07) is 5.92. The number of nitrogens with two attached hydrogens (primary N) is 1. The van der Waals surface area contributed by atoms with Crippen molar-refractivity contribution in [3.63, 3.8) is 0 Å². The van der Waals surface area contributed by atoms with Gasteiger partial charge in [0.25, 0.3) is 0 Å². The highest BCUT2D eigenvalue weighted by Gasteiger charge is 2.24. The second-order valence-corrected chi connectivity index (χ2v) is 5.43. The molecule has 0 bridgehead atoms. The van der Waals surface area contributed by atoms with E-state index in [1.807, 2.05) is 18.2 Å². The van der Waals surface area contributed by atoms with E-state index in [2.05, 4.69) is 21.2 Å². The number of benzene rings is 1. The van der Waals surface area contributed by atoms with Gasteiger partial charge in [-0.1, -0.05) is 11.6 Å². The van der Waals surface area contributed by atoms with Gasteiger partial charge in [-0.25, -0.2) is 0 Å². The van der Waals surface area contributed by atoms with Crippen LogP contribution in [0.4, 0.5) is 5.69 Å². The van der Waals surface area contributed by atoms with E-state index in [1.54, 1.807) is 0 Å². The summed E-state index contributed by atoms with van der Waals surface area (Å²) in [5.74, 6) is 0. The van der Waals surface area contributed by atoms with E-state index in [9.17, 15) is 0 Å². The van der Waals surface area contributed by atoms with Crippen LogP contribution >= 0.6 is 27.5 Å². The summed E-state index contributed by atoms with van der Waals surface area (Å²) in [6.45, 7) is 1.40. The molecule has 5 heteroatoms. The maximum Gasteiger partial charge on any atom is 0.0789 e. The van der Waals surface area contributed by atoms with Gasteiger partial charge in [-0.2, -0.15) is 0 Å². The molecule has 1 heterocycles. The van der Waals surface area contributed by atoms with E-state index in [1.165, 1.54) is 0 Å². The molecule has 2 rings (SSSR count). The predicted octanol–water partition coefficient (Wildman–Crippen LogP) is 3.02. The van der Waals surface area contributed by atoms with Crippen LogP contribution in [0.15, 0.2) is 22.7 Å². The molecule has 2 atom stereocenters. The summed E-state index contributed by atoms with van der Waals surface area (Å²) < 4.78 is 6.53. The second-order valence-electron chi connectivity index (χ2n) is 4.17. The summed E-state index contributed by atoms with van der Waals surface area (Å²) in [6.07, 6.45) is 2.41. The Morgan fingerprint density at radius 3 is 3.00 bits per heavy atom. The Morgan fingerprint density at radius 1 is 1.59 bits per heavy atom. The van der Waals surface area contributed by atoms with Crippen molar-refractivity contribution in [2.24, 2.45) is 5.73 Å². The summed E-state index contributed by atoms with van der Waals surface area (Å²) >= 11 is 9.36. The lowest BCUT2D eigenvalue weighted by Gasteiger charge is -2.24. The lowest BCUT2D eigenvalue weighted by molar-refractivity contribution is 0.0973. The molecule has 0 radical (unpaired) electrons. The molecule has 2 unspecified atom stereocenters. The van der Waals surface area contributed by atoms with E-state index in [0.717, 1.165) is 29.6 Å². The molecule has 1 aliphatic heterocycles. The molecule has 94 valence electrons. The monoisotopic (exact) mass is 318 g/mol. The van der Waals surface area contributed by atoms with Gasteiger partial charge in [0.1, 0.15) is 0 Å². The summed E-state index contributed by atoms with van der Waals surface area (Å²) in [7, 11) is 0. The zero-order valence-corrected chi connectivity index (χ0v) is 11.8. The molecule has 1 aromatic carbocycles. The van der Waals surface area contributed by atoms with Crippen LogP contribution in [0.25, 0.3) is 0 Å². The summed E-state index contributed by atoms with van der Waals surface area (Å²) in [4.78, 5) is 0. The van der Waals surface area contributed by atoms with Crippen molar-refractivity contribution in [1.82, 2.24) is 0 Å². The van der Waals surface area contributed by atoms with Gasteiger partial charge in [0.2, 0.25) is 0 Å². The molecule has 0 amide bonds. The summed E-state index contributed by atoms with van der Waals surface area (Å²) in [5, 5.41) is 4.11. The minimum atomic E-state index is 0.158. The van der Waals surface area contributed by atoms with Gasteiger partial charge in [-0.15, -0.1) is 0 Å². The minimum absolute atomic E-state index is 0.158. The summed E-state index contributed by atoms with van der Waals surface area (Å²) in [5.41, 5.74) is 6.79. The minimum Gasteiger partial charge on any atom is -0.378 e. The smallest absolute Gasteiger partial charge is 0.0789 e. The lowest BCUT2D eigenvalue weighted by atomic mass is 10.1. The van der Waals surface area contributed by atoms with Gasteiger partial charge in [0, 0.05) is 23.3 Å². The van der Waals surface area contributed by atoms with Crippen LogP contribution in [-0.2, 0) is 4.74 Å². The Balaban J connectivity index is 2.04. The van der Waals surface area contributed by atoms with Crippen molar-refractivity contribution in [3.05, 3.63) is 27.7 Å². The molecule has 3 nitrogen and oxygen atoms in total. The molecule has 0 saturated carbocycles. The Hall–Kier alpha value is -0.290. The predicted molar refractivity (Wildman–Crippen MR) is 74.6 cm³/mol. The maximum absolute atomic E-state index is 5.95. The Kier molecular flexibility index (Phi) is 4.68. The molecular formula is C12H16BrClN2O. The molecule has 1 saturated heterocycles. The standard InChI is InChI=1S/C12H16BrClN2O/c13-9-6-8(3-4-10(9)14)16-11(7-15)12-2-1-5-17-12/h3-4,6,11-12,16H,1-2,5,7,15H2. The zero-order chi connectivity index (χ0) is 12.3. The van der Waals surface area contributed by atoms with Crippen molar-refractivity contribution in [2.75, 3.05) is 18.5 Å². The van der Waals surface area contributed by atoms with Crippen LogP contribution in [0.3, 0.4) is 0 Å². The van der Waals surface area contributed by atoms with Gasteiger partial charge in [0.15, 0.2) is 0 Å². The van der Waals surface area contributed by atoms with Crippen LogP contribution in [0.1, 0.15) is 12.8 Å². The van der Waals surface area contributed by atoms with E-state index < -0.39 is 0 Å². The number of ether oxygens (including phenoxy) is 1. The van der Waals surface area contributed by atoms with Crippen molar-refractivity contribution in [3.8, 4) is 0 Å². The normalized spacial score (nSPS) is 21.5. The first-order valence-electron chi connectivity index (χ1n) is 5.74. The molecule has 17 heavy (non-hydrogen) atoms. The maximum atomic E-state index is 5.95. The van der Waals surface area contributed by atoms with Gasteiger partial charge in [-0.3, -0.25) is 0 Å². The van der Waals surface area contributed by atoms with Gasteiger partial charge in [-0.05, 0) is 47.0 Å². The van der Waals surface area contributed by atoms with Crippen molar-refractivity contribution in [1.29, 1.82) is 0 Å².